The number of nitrogens with one attached hydrogen (secondary N) is 2. The van der Waals surface area contributed by atoms with Gasteiger partial charge in [0.25, 0.3) is 0 Å². The minimum absolute atomic E-state index is 0.437. The maximum atomic E-state index is 12.1. The maximum Gasteiger partial charge on any atom is 0.314 e. The van der Waals surface area contributed by atoms with Crippen LogP contribution in [-0.4, -0.2) is 26.0 Å². The van der Waals surface area contributed by atoms with Gasteiger partial charge in [-0.2, -0.15) is 0 Å². The van der Waals surface area contributed by atoms with Crippen LogP contribution in [0, 0.1) is 10.5 Å². The van der Waals surface area contributed by atoms with Crippen LogP contribution in [0.15, 0.2) is 36.4 Å². The van der Waals surface area contributed by atoms with Crippen molar-refractivity contribution in [3.63, 3.8) is 0 Å². The Morgan fingerprint density at radius 3 is 2.21 bits per heavy atom. The van der Waals surface area contributed by atoms with Crippen LogP contribution in [0.2, 0.25) is 0 Å². The molecule has 0 atom stereocenters. The summed E-state index contributed by atoms with van der Waals surface area (Å²) in [4.78, 5) is 24.1. The average molecular weight is 440 g/mol. The van der Waals surface area contributed by atoms with Gasteiger partial charge in [-0.3, -0.25) is 9.59 Å². The van der Waals surface area contributed by atoms with Crippen LogP contribution in [-0.2, 0) is 9.59 Å². The van der Waals surface area contributed by atoms with Gasteiger partial charge in [-0.25, -0.2) is 0 Å². The van der Waals surface area contributed by atoms with Crippen molar-refractivity contribution in [3.8, 4) is 11.5 Å². The number of aryl methyl sites for hydroxylation is 1. The summed E-state index contributed by atoms with van der Waals surface area (Å²) in [5.74, 6) is -0.507. The van der Waals surface area contributed by atoms with Gasteiger partial charge in [0, 0.05) is 21.0 Å². The van der Waals surface area contributed by atoms with Crippen molar-refractivity contribution < 1.29 is 19.1 Å². The molecule has 0 aromatic heterocycles. The lowest BCUT2D eigenvalue weighted by Gasteiger charge is -2.11. The van der Waals surface area contributed by atoms with E-state index >= 15 is 0 Å². The van der Waals surface area contributed by atoms with Crippen molar-refractivity contribution in [2.24, 2.45) is 0 Å². The summed E-state index contributed by atoms with van der Waals surface area (Å²) in [6.07, 6.45) is 0. The molecule has 0 heterocycles. The summed E-state index contributed by atoms with van der Waals surface area (Å²) in [5, 5.41) is 5.13. The SMILES string of the molecule is COc1ccc(NC(=O)C(=O)Nc2ccc(I)cc2C)cc1OC. The highest BCUT2D eigenvalue weighted by Gasteiger charge is 2.16. The van der Waals surface area contributed by atoms with Crippen LogP contribution in [0.4, 0.5) is 11.4 Å². The first kappa shape index (κ1) is 18.1. The van der Waals surface area contributed by atoms with Crippen LogP contribution in [0.3, 0.4) is 0 Å². The highest BCUT2D eigenvalue weighted by Crippen LogP contribution is 2.29. The molecule has 0 aliphatic carbocycles. The van der Waals surface area contributed by atoms with E-state index in [4.69, 9.17) is 9.47 Å². The Hall–Kier alpha value is -2.29. The predicted octanol–water partition coefficient (Wildman–Crippen LogP) is 3.19. The zero-order valence-corrected chi connectivity index (χ0v) is 15.6. The molecule has 2 rings (SSSR count). The number of amides is 2. The third-order valence-electron chi connectivity index (χ3n) is 3.28. The Kier molecular flexibility index (Phi) is 6.02. The molecule has 126 valence electrons. The molecule has 2 aromatic rings. The second kappa shape index (κ2) is 8.00. The summed E-state index contributed by atoms with van der Waals surface area (Å²) in [7, 11) is 3.02. The number of benzene rings is 2. The molecule has 0 bridgehead atoms. The first-order chi connectivity index (χ1) is 11.4. The first-order valence-electron chi connectivity index (χ1n) is 7.05. The van der Waals surface area contributed by atoms with Crippen LogP contribution in [0.25, 0.3) is 0 Å². The Balaban J connectivity index is 2.07. The topological polar surface area (TPSA) is 76.7 Å². The number of rotatable bonds is 4. The molecule has 0 aliphatic rings. The molecule has 7 heteroatoms. The van der Waals surface area contributed by atoms with Crippen molar-refractivity contribution in [1.82, 2.24) is 0 Å². The number of anilines is 2. The molecule has 0 unspecified atom stereocenters. The predicted molar refractivity (Wildman–Crippen MR) is 101 cm³/mol. The molecule has 2 N–H and O–H groups in total. The number of carbonyl (C=O) groups is 2. The fraction of sp³-hybridized carbons (Fsp3) is 0.176. The van der Waals surface area contributed by atoms with E-state index in [1.807, 2.05) is 19.1 Å². The monoisotopic (exact) mass is 440 g/mol. The van der Waals surface area contributed by atoms with E-state index in [0.717, 1.165) is 9.13 Å². The highest BCUT2D eigenvalue weighted by molar-refractivity contribution is 14.1. The lowest BCUT2D eigenvalue weighted by molar-refractivity contribution is -0.133. The summed E-state index contributed by atoms with van der Waals surface area (Å²) in [6.45, 7) is 1.87. The third kappa shape index (κ3) is 4.38. The Bertz CT molecular complexity index is 777. The Morgan fingerprint density at radius 2 is 1.58 bits per heavy atom. The molecule has 24 heavy (non-hydrogen) atoms. The third-order valence-corrected chi connectivity index (χ3v) is 3.96. The second-order valence-corrected chi connectivity index (χ2v) is 6.18. The second-order valence-electron chi connectivity index (χ2n) is 4.94. The van der Waals surface area contributed by atoms with Crippen molar-refractivity contribution >= 4 is 45.8 Å². The fourth-order valence-corrected chi connectivity index (χ4v) is 2.70. The van der Waals surface area contributed by atoms with Crippen molar-refractivity contribution in [2.75, 3.05) is 24.9 Å². The smallest absolute Gasteiger partial charge is 0.314 e. The van der Waals surface area contributed by atoms with E-state index in [-0.39, 0.29) is 0 Å². The van der Waals surface area contributed by atoms with E-state index in [1.165, 1.54) is 14.2 Å². The van der Waals surface area contributed by atoms with Crippen LogP contribution in [0.1, 0.15) is 5.56 Å². The number of hydrogen-bond acceptors (Lipinski definition) is 4. The summed E-state index contributed by atoms with van der Waals surface area (Å²) >= 11 is 2.18. The molecule has 2 aromatic carbocycles. The highest BCUT2D eigenvalue weighted by atomic mass is 127. The molecular formula is C17H17IN2O4. The molecule has 6 nitrogen and oxygen atoms in total. The van der Waals surface area contributed by atoms with Gasteiger partial charge in [-0.15, -0.1) is 0 Å². The summed E-state index contributed by atoms with van der Waals surface area (Å²) < 4.78 is 11.3. The summed E-state index contributed by atoms with van der Waals surface area (Å²) in [6, 6.07) is 10.4. The van der Waals surface area contributed by atoms with E-state index in [0.29, 0.717) is 22.9 Å². The van der Waals surface area contributed by atoms with Crippen molar-refractivity contribution in [3.05, 3.63) is 45.5 Å². The minimum Gasteiger partial charge on any atom is -0.493 e. The van der Waals surface area contributed by atoms with Gasteiger partial charge in [-0.05, 0) is 65.4 Å². The fourth-order valence-electron chi connectivity index (χ4n) is 2.05. The van der Waals surface area contributed by atoms with Gasteiger partial charge in [-0.1, -0.05) is 0 Å². The number of methoxy groups -OCH3 is 2. The van der Waals surface area contributed by atoms with E-state index < -0.39 is 11.8 Å². The van der Waals surface area contributed by atoms with Crippen LogP contribution < -0.4 is 20.1 Å². The van der Waals surface area contributed by atoms with Crippen LogP contribution in [0.5, 0.6) is 11.5 Å². The lowest BCUT2D eigenvalue weighted by Crippen LogP contribution is -2.29. The van der Waals surface area contributed by atoms with Gasteiger partial charge < -0.3 is 20.1 Å². The summed E-state index contributed by atoms with van der Waals surface area (Å²) in [5.41, 5.74) is 1.92. The molecule has 0 saturated heterocycles. The minimum atomic E-state index is -0.764. The number of carbonyl (C=O) groups excluding carboxylic acids is 2. The molecule has 0 radical (unpaired) electrons. The zero-order chi connectivity index (χ0) is 17.7. The van der Waals surface area contributed by atoms with E-state index in [9.17, 15) is 9.59 Å². The Labute approximate surface area is 153 Å². The van der Waals surface area contributed by atoms with E-state index in [1.54, 1.807) is 24.3 Å². The van der Waals surface area contributed by atoms with Crippen molar-refractivity contribution in [2.45, 2.75) is 6.92 Å². The number of hydrogen-bond donors (Lipinski definition) is 2. The van der Waals surface area contributed by atoms with Crippen LogP contribution >= 0.6 is 22.6 Å². The molecule has 0 spiro atoms. The quantitative estimate of drug-likeness (QED) is 0.566. The molecular weight excluding hydrogens is 423 g/mol. The van der Waals surface area contributed by atoms with Crippen molar-refractivity contribution in [1.29, 1.82) is 0 Å². The van der Waals surface area contributed by atoms with Gasteiger partial charge in [0.05, 0.1) is 14.2 Å². The molecule has 2 amide bonds. The number of ether oxygens (including phenoxy) is 2. The van der Waals surface area contributed by atoms with Gasteiger partial charge >= 0.3 is 11.8 Å². The molecule has 0 aliphatic heterocycles. The van der Waals surface area contributed by atoms with E-state index in [2.05, 4.69) is 33.2 Å². The zero-order valence-electron chi connectivity index (χ0n) is 13.5. The van der Waals surface area contributed by atoms with Gasteiger partial charge in [0.2, 0.25) is 0 Å². The largest absolute Gasteiger partial charge is 0.493 e. The van der Waals surface area contributed by atoms with Gasteiger partial charge in [0.15, 0.2) is 11.5 Å². The molecule has 0 fully saturated rings. The molecule has 0 saturated carbocycles. The lowest BCUT2D eigenvalue weighted by atomic mass is 10.2. The standard InChI is InChI=1S/C17H17IN2O4/c1-10-8-11(18)4-6-13(10)20-17(22)16(21)19-12-5-7-14(23-2)15(9-12)24-3/h4-9H,1-3H3,(H,19,21)(H,20,22). The Morgan fingerprint density at radius 1 is 0.917 bits per heavy atom. The average Bonchev–Trinajstić information content (AvgIpc) is 2.57. The normalized spacial score (nSPS) is 10.0. The maximum absolute atomic E-state index is 12.1. The number of halogens is 1. The first-order valence-corrected chi connectivity index (χ1v) is 8.13. The van der Waals surface area contributed by atoms with Gasteiger partial charge in [0.1, 0.15) is 0 Å².